The number of carbonyl (C=O) groups is 2. The van der Waals surface area contributed by atoms with Gasteiger partial charge in [-0.1, -0.05) is 19.1 Å². The van der Waals surface area contributed by atoms with Crippen LogP contribution in [0.1, 0.15) is 25.8 Å². The maximum Gasteiger partial charge on any atom is 0.244 e. The number of methoxy groups -OCH3 is 1. The molecule has 2 amide bonds. The minimum absolute atomic E-state index is 0.135. The van der Waals surface area contributed by atoms with Gasteiger partial charge in [0, 0.05) is 16.7 Å². The van der Waals surface area contributed by atoms with Crippen LogP contribution in [-0.4, -0.2) is 57.6 Å². The molecule has 0 heterocycles. The Morgan fingerprint density at radius 1 is 1.12 bits per heavy atom. The summed E-state index contributed by atoms with van der Waals surface area (Å²) in [5.41, 5.74) is 1.16. The Labute approximate surface area is 209 Å². The molecule has 0 spiro atoms. The molecular weight excluding hydrogens is 557 g/mol. The van der Waals surface area contributed by atoms with Crippen LogP contribution in [0.2, 0.25) is 0 Å². The molecule has 0 saturated carbocycles. The maximum absolute atomic E-state index is 13.5. The van der Waals surface area contributed by atoms with Gasteiger partial charge in [-0.2, -0.15) is 0 Å². The van der Waals surface area contributed by atoms with Gasteiger partial charge in [0.25, 0.3) is 0 Å². The van der Waals surface area contributed by atoms with E-state index < -0.39 is 28.5 Å². The minimum atomic E-state index is -3.74. The van der Waals surface area contributed by atoms with Gasteiger partial charge in [-0.3, -0.25) is 13.9 Å². The van der Waals surface area contributed by atoms with E-state index in [0.29, 0.717) is 24.4 Å². The van der Waals surface area contributed by atoms with Crippen LogP contribution in [0.3, 0.4) is 0 Å². The first kappa shape index (κ1) is 26.9. The molecule has 33 heavy (non-hydrogen) atoms. The first-order chi connectivity index (χ1) is 15.6. The molecule has 180 valence electrons. The summed E-state index contributed by atoms with van der Waals surface area (Å²) in [5, 5.41) is 2.77. The van der Waals surface area contributed by atoms with Crippen molar-refractivity contribution in [1.82, 2.24) is 10.2 Å². The molecular formula is C23H30IN3O5S. The Balaban J connectivity index is 2.43. The van der Waals surface area contributed by atoms with Crippen molar-refractivity contribution in [2.75, 3.05) is 30.8 Å². The van der Waals surface area contributed by atoms with Crippen molar-refractivity contribution in [3.8, 4) is 5.75 Å². The quantitative estimate of drug-likeness (QED) is 0.408. The number of nitrogens with one attached hydrogen (secondary N) is 1. The molecule has 0 aliphatic carbocycles. The first-order valence-electron chi connectivity index (χ1n) is 10.5. The Morgan fingerprint density at radius 3 is 2.33 bits per heavy atom. The van der Waals surface area contributed by atoms with E-state index in [1.54, 1.807) is 56.5 Å². The number of amides is 2. The highest BCUT2D eigenvalue weighted by Gasteiger charge is 2.31. The zero-order valence-electron chi connectivity index (χ0n) is 19.2. The van der Waals surface area contributed by atoms with Crippen molar-refractivity contribution in [2.45, 2.75) is 32.9 Å². The molecule has 0 unspecified atom stereocenters. The van der Waals surface area contributed by atoms with Crippen LogP contribution < -0.4 is 14.4 Å². The lowest BCUT2D eigenvalue weighted by Gasteiger charge is -2.32. The van der Waals surface area contributed by atoms with Crippen LogP contribution >= 0.6 is 22.6 Å². The standard InChI is InChI=1S/C23H30IN3O5S/c1-5-21(23(29)25-6-2)26(15-17-8-7-9-20(14-17)32-3)22(28)16-27(33(4,30)31)19-12-10-18(24)11-13-19/h7-14,21H,5-6,15-16H2,1-4H3,(H,25,29)/t21-/m0/s1. The van der Waals surface area contributed by atoms with Gasteiger partial charge in [-0.15, -0.1) is 0 Å². The van der Waals surface area contributed by atoms with E-state index in [9.17, 15) is 18.0 Å². The lowest BCUT2D eigenvalue weighted by atomic mass is 10.1. The van der Waals surface area contributed by atoms with Gasteiger partial charge in [0.05, 0.1) is 19.1 Å². The smallest absolute Gasteiger partial charge is 0.244 e. The molecule has 0 aliphatic heterocycles. The monoisotopic (exact) mass is 587 g/mol. The van der Waals surface area contributed by atoms with E-state index >= 15 is 0 Å². The molecule has 2 aromatic carbocycles. The Morgan fingerprint density at radius 2 is 1.79 bits per heavy atom. The van der Waals surface area contributed by atoms with E-state index in [-0.39, 0.29) is 12.5 Å². The normalized spacial score (nSPS) is 12.0. The molecule has 1 N–H and O–H groups in total. The summed E-state index contributed by atoms with van der Waals surface area (Å²) >= 11 is 2.13. The summed E-state index contributed by atoms with van der Waals surface area (Å²) < 4.78 is 32.4. The Hall–Kier alpha value is -2.34. The molecule has 10 heteroatoms. The second-order valence-corrected chi connectivity index (χ2v) is 10.6. The van der Waals surface area contributed by atoms with Crippen molar-refractivity contribution in [1.29, 1.82) is 0 Å². The van der Waals surface area contributed by atoms with Crippen LogP contribution in [0, 0.1) is 3.57 Å². The lowest BCUT2D eigenvalue weighted by Crippen LogP contribution is -2.52. The lowest BCUT2D eigenvalue weighted by molar-refractivity contribution is -0.140. The molecule has 0 aromatic heterocycles. The van der Waals surface area contributed by atoms with E-state index in [0.717, 1.165) is 19.7 Å². The van der Waals surface area contributed by atoms with Crippen LogP contribution in [0.15, 0.2) is 48.5 Å². The van der Waals surface area contributed by atoms with Crippen LogP contribution in [0.25, 0.3) is 0 Å². The third-order valence-electron chi connectivity index (χ3n) is 5.02. The van der Waals surface area contributed by atoms with Crippen LogP contribution in [0.4, 0.5) is 5.69 Å². The van der Waals surface area contributed by atoms with Crippen LogP contribution in [0.5, 0.6) is 5.75 Å². The molecule has 0 radical (unpaired) electrons. The number of benzene rings is 2. The molecule has 0 bridgehead atoms. The first-order valence-corrected chi connectivity index (χ1v) is 13.5. The summed E-state index contributed by atoms with van der Waals surface area (Å²) in [6.07, 6.45) is 1.44. The van der Waals surface area contributed by atoms with Gasteiger partial charge in [-0.25, -0.2) is 8.42 Å². The fourth-order valence-corrected chi connectivity index (χ4v) is 4.61. The predicted molar refractivity (Wildman–Crippen MR) is 138 cm³/mol. The van der Waals surface area contributed by atoms with E-state index in [1.807, 2.05) is 13.0 Å². The summed E-state index contributed by atoms with van der Waals surface area (Å²) in [7, 11) is -2.19. The third-order valence-corrected chi connectivity index (χ3v) is 6.88. The fourth-order valence-electron chi connectivity index (χ4n) is 3.40. The van der Waals surface area contributed by atoms with Crippen molar-refractivity contribution in [3.05, 3.63) is 57.7 Å². The topological polar surface area (TPSA) is 96.0 Å². The number of likely N-dealkylation sites (N-methyl/N-ethyl adjacent to an activating group) is 1. The Kier molecular flexibility index (Phi) is 9.96. The van der Waals surface area contributed by atoms with Crippen molar-refractivity contribution in [3.63, 3.8) is 0 Å². The number of carbonyl (C=O) groups excluding carboxylic acids is 2. The molecule has 0 fully saturated rings. The van der Waals surface area contributed by atoms with Gasteiger partial charge >= 0.3 is 0 Å². The zero-order chi connectivity index (χ0) is 24.6. The van der Waals surface area contributed by atoms with E-state index in [2.05, 4.69) is 27.9 Å². The molecule has 2 rings (SSSR count). The van der Waals surface area contributed by atoms with Gasteiger partial charge in [0.15, 0.2) is 0 Å². The summed E-state index contributed by atoms with van der Waals surface area (Å²) in [6, 6.07) is 13.3. The minimum Gasteiger partial charge on any atom is -0.497 e. The van der Waals surface area contributed by atoms with Gasteiger partial charge < -0.3 is 15.0 Å². The average molecular weight is 587 g/mol. The van der Waals surface area contributed by atoms with Crippen molar-refractivity contribution < 1.29 is 22.7 Å². The second kappa shape index (κ2) is 12.2. The number of ether oxygens (including phenoxy) is 1. The van der Waals surface area contributed by atoms with E-state index in [4.69, 9.17) is 4.74 Å². The summed E-state index contributed by atoms with van der Waals surface area (Å²) in [6.45, 7) is 3.77. The molecule has 2 aromatic rings. The predicted octanol–water partition coefficient (Wildman–Crippen LogP) is 3.01. The SMILES string of the molecule is CCNC(=O)[C@H](CC)N(Cc1cccc(OC)c1)C(=O)CN(c1ccc(I)cc1)S(C)(=O)=O. The highest BCUT2D eigenvalue weighted by atomic mass is 127. The van der Waals surface area contributed by atoms with E-state index in [1.165, 1.54) is 4.90 Å². The molecule has 0 saturated heterocycles. The highest BCUT2D eigenvalue weighted by Crippen LogP contribution is 2.22. The highest BCUT2D eigenvalue weighted by molar-refractivity contribution is 14.1. The Bertz CT molecular complexity index is 1060. The maximum atomic E-state index is 13.5. The van der Waals surface area contributed by atoms with Gasteiger partial charge in [0.2, 0.25) is 21.8 Å². The molecule has 0 aliphatic rings. The van der Waals surface area contributed by atoms with Crippen molar-refractivity contribution >= 4 is 50.1 Å². The number of halogens is 1. The van der Waals surface area contributed by atoms with Gasteiger partial charge in [-0.05, 0) is 77.9 Å². The zero-order valence-corrected chi connectivity index (χ0v) is 22.2. The second-order valence-electron chi connectivity index (χ2n) is 7.44. The average Bonchev–Trinajstić information content (AvgIpc) is 2.77. The van der Waals surface area contributed by atoms with Crippen molar-refractivity contribution in [2.24, 2.45) is 0 Å². The number of rotatable bonds is 11. The number of nitrogens with zero attached hydrogens (tertiary/aromatic N) is 2. The number of anilines is 1. The summed E-state index contributed by atoms with van der Waals surface area (Å²) in [5.74, 6) is -0.126. The third kappa shape index (κ3) is 7.60. The molecule has 8 nitrogen and oxygen atoms in total. The number of sulfonamides is 1. The fraction of sp³-hybridized carbons (Fsp3) is 0.391. The van der Waals surface area contributed by atoms with Crippen LogP contribution in [-0.2, 0) is 26.2 Å². The molecule has 1 atom stereocenters. The summed E-state index contributed by atoms with van der Waals surface area (Å²) in [4.78, 5) is 27.7. The largest absolute Gasteiger partial charge is 0.497 e. The number of hydrogen-bond acceptors (Lipinski definition) is 5. The number of hydrogen-bond donors (Lipinski definition) is 1. The van der Waals surface area contributed by atoms with Gasteiger partial charge in [0.1, 0.15) is 18.3 Å².